The third kappa shape index (κ3) is 2.71. The Hall–Kier alpha value is -1.73. The Morgan fingerprint density at radius 2 is 1.95 bits per heavy atom. The van der Waals surface area contributed by atoms with Crippen LogP contribution in [0.15, 0.2) is 46.9 Å². The summed E-state index contributed by atoms with van der Waals surface area (Å²) in [6.45, 7) is 0.603. The van der Waals surface area contributed by atoms with Gasteiger partial charge in [0.15, 0.2) is 0 Å². The minimum Gasteiger partial charge on any atom is -1.00 e. The van der Waals surface area contributed by atoms with Gasteiger partial charge in [0.25, 0.3) is 5.69 Å². The molecule has 2 aromatic rings. The zero-order chi connectivity index (χ0) is 14.3. The van der Waals surface area contributed by atoms with Crippen molar-refractivity contribution in [2.45, 2.75) is 6.54 Å². The summed E-state index contributed by atoms with van der Waals surface area (Å²) in [4.78, 5) is 12.2. The van der Waals surface area contributed by atoms with Gasteiger partial charge < -0.3 is 21.9 Å². The molecule has 2 aromatic carbocycles. The van der Waals surface area contributed by atoms with Crippen LogP contribution in [0.1, 0.15) is 11.1 Å². The summed E-state index contributed by atoms with van der Waals surface area (Å²) in [6.07, 6.45) is 0. The molecular weight excluding hydrogens is 402 g/mol. The normalized spacial score (nSPS) is 12.8. The molecule has 21 heavy (non-hydrogen) atoms. The largest absolute Gasteiger partial charge is 1.00 e. The third-order valence-electron chi connectivity index (χ3n) is 3.30. The Morgan fingerprint density at radius 1 is 1.24 bits per heavy atom. The number of nitro groups is 1. The number of hydrogen-bond donors (Lipinski definition) is 1. The smallest absolute Gasteiger partial charge is 0.270 e. The molecule has 0 aliphatic carbocycles. The van der Waals surface area contributed by atoms with Crippen LogP contribution >= 0.6 is 15.9 Å². The van der Waals surface area contributed by atoms with E-state index in [1.807, 2.05) is 29.2 Å². The molecule has 0 aromatic heterocycles. The van der Waals surface area contributed by atoms with E-state index >= 15 is 0 Å². The van der Waals surface area contributed by atoms with E-state index in [1.54, 1.807) is 6.07 Å². The van der Waals surface area contributed by atoms with Crippen LogP contribution in [0.25, 0.3) is 0 Å². The summed E-state index contributed by atoms with van der Waals surface area (Å²) in [6, 6.07) is 12.3. The van der Waals surface area contributed by atoms with Crippen LogP contribution in [-0.2, 0) is 6.54 Å². The van der Waals surface area contributed by atoms with Crippen molar-refractivity contribution in [2.24, 2.45) is 0 Å². The lowest BCUT2D eigenvalue weighted by Gasteiger charge is -2.19. The maximum Gasteiger partial charge on any atom is 0.270 e. The molecule has 0 unspecified atom stereocenters. The highest BCUT2D eigenvalue weighted by molar-refractivity contribution is 9.10. The molecule has 1 heterocycles. The van der Waals surface area contributed by atoms with E-state index in [0.717, 1.165) is 16.8 Å². The molecule has 0 fully saturated rings. The number of non-ortho nitro benzene ring substituents is 1. The molecule has 1 aliphatic heterocycles. The van der Waals surface area contributed by atoms with Crippen LogP contribution < -0.4 is 21.9 Å². The Kier molecular flexibility index (Phi) is 4.43. The number of rotatable bonds is 2. The summed E-state index contributed by atoms with van der Waals surface area (Å²) in [7, 11) is 0. The molecule has 7 heteroatoms. The lowest BCUT2D eigenvalue weighted by Crippen LogP contribution is -3.00. The Bertz CT molecular complexity index is 734. The average molecular weight is 412 g/mol. The predicted octanol–water partition coefficient (Wildman–Crippen LogP) is 0.707. The van der Waals surface area contributed by atoms with Crippen molar-refractivity contribution in [2.75, 3.05) is 4.90 Å². The average Bonchev–Trinajstić information content (AvgIpc) is 2.76. The number of hydrogen-bond acceptors (Lipinski definition) is 3. The molecule has 3 rings (SSSR count). The summed E-state index contributed by atoms with van der Waals surface area (Å²) < 4.78 is 0.615. The third-order valence-corrected chi connectivity index (χ3v) is 3.94. The highest BCUT2D eigenvalue weighted by Gasteiger charge is 2.26. The second kappa shape index (κ2) is 5.95. The van der Waals surface area contributed by atoms with Gasteiger partial charge in [0.05, 0.1) is 17.2 Å². The van der Waals surface area contributed by atoms with Gasteiger partial charge >= 0.3 is 0 Å². The summed E-state index contributed by atoms with van der Waals surface area (Å²) in [5, 5.41) is 19.0. The number of fused-ring (bicyclic) bond motifs is 1. The molecule has 0 atom stereocenters. The molecule has 0 saturated heterocycles. The topological polar surface area (TPSA) is 70.2 Å². The summed E-state index contributed by atoms with van der Waals surface area (Å²) in [5.41, 5.74) is 2.78. The van der Waals surface area contributed by atoms with Crippen LogP contribution in [0, 0.1) is 15.5 Å². The lowest BCUT2D eigenvalue weighted by molar-refractivity contribution is -0.384. The molecule has 5 nitrogen and oxygen atoms in total. The van der Waals surface area contributed by atoms with E-state index in [4.69, 9.17) is 5.41 Å². The molecule has 108 valence electrons. The molecule has 0 bridgehead atoms. The molecule has 1 aliphatic rings. The van der Waals surface area contributed by atoms with Crippen molar-refractivity contribution in [3.05, 3.63) is 68.2 Å². The van der Waals surface area contributed by atoms with Crippen LogP contribution in [0.5, 0.6) is 0 Å². The number of nitrogens with one attached hydrogen (secondary N) is 1. The van der Waals surface area contributed by atoms with Gasteiger partial charge in [-0.15, -0.1) is 0 Å². The van der Waals surface area contributed by atoms with E-state index in [1.165, 1.54) is 12.1 Å². The van der Waals surface area contributed by atoms with Gasteiger partial charge in [-0.3, -0.25) is 15.5 Å². The van der Waals surface area contributed by atoms with Crippen LogP contribution in [0.3, 0.4) is 0 Å². The second-order valence-corrected chi connectivity index (χ2v) is 5.34. The van der Waals surface area contributed by atoms with Crippen molar-refractivity contribution in [3.63, 3.8) is 0 Å². The maximum absolute atomic E-state index is 10.8. The molecular formula is C14H10Br2N3O2-. The van der Waals surface area contributed by atoms with Crippen molar-refractivity contribution >= 4 is 33.1 Å². The minimum atomic E-state index is -0.432. The Labute approximate surface area is 140 Å². The Morgan fingerprint density at radius 3 is 2.57 bits per heavy atom. The lowest BCUT2D eigenvalue weighted by atomic mass is 10.1. The number of nitro benzene ring substituents is 1. The van der Waals surface area contributed by atoms with Crippen LogP contribution in [0.2, 0.25) is 0 Å². The SMILES string of the molecule is N=C1c2ccccc2CN1c1ccc([N+](=O)[O-])cc1Br.[Br-]. The van der Waals surface area contributed by atoms with Gasteiger partial charge in [-0.1, -0.05) is 24.3 Å². The van der Waals surface area contributed by atoms with Gasteiger partial charge in [-0.25, -0.2) is 0 Å². The van der Waals surface area contributed by atoms with Crippen molar-refractivity contribution < 1.29 is 21.9 Å². The van der Waals surface area contributed by atoms with Crippen LogP contribution in [-0.4, -0.2) is 10.8 Å². The number of nitrogens with zero attached hydrogens (tertiary/aromatic N) is 2. The summed E-state index contributed by atoms with van der Waals surface area (Å²) in [5.74, 6) is 0.412. The predicted molar refractivity (Wildman–Crippen MR) is 80.3 cm³/mol. The Balaban J connectivity index is 0.00000161. The van der Waals surface area contributed by atoms with Gasteiger partial charge in [0.1, 0.15) is 5.84 Å². The molecule has 0 spiro atoms. The summed E-state index contributed by atoms with van der Waals surface area (Å²) >= 11 is 3.35. The van der Waals surface area contributed by atoms with Gasteiger partial charge in [-0.05, 0) is 27.6 Å². The van der Waals surface area contributed by atoms with E-state index in [0.29, 0.717) is 16.9 Å². The quantitative estimate of drug-likeness (QED) is 0.584. The first kappa shape index (κ1) is 15.7. The standard InChI is InChI=1S/C14H10BrN3O2.BrH/c15-12-7-10(18(19)20)5-6-13(12)17-8-9-3-1-2-4-11(9)14(17)16;/h1-7,16H,8H2;1H/p-1. The van der Waals surface area contributed by atoms with E-state index < -0.39 is 4.92 Å². The zero-order valence-electron chi connectivity index (χ0n) is 10.7. The van der Waals surface area contributed by atoms with Crippen molar-refractivity contribution in [3.8, 4) is 0 Å². The number of benzene rings is 2. The molecule has 1 N–H and O–H groups in total. The molecule has 0 radical (unpaired) electrons. The van der Waals surface area contributed by atoms with E-state index in [9.17, 15) is 10.1 Å². The van der Waals surface area contributed by atoms with E-state index in [-0.39, 0.29) is 22.7 Å². The van der Waals surface area contributed by atoms with Crippen LogP contribution in [0.4, 0.5) is 11.4 Å². The molecule has 0 amide bonds. The first-order valence-electron chi connectivity index (χ1n) is 5.96. The number of halogens is 2. The van der Waals surface area contributed by atoms with Gasteiger partial charge in [0, 0.05) is 22.2 Å². The zero-order valence-corrected chi connectivity index (χ0v) is 13.9. The van der Waals surface area contributed by atoms with Crippen molar-refractivity contribution in [1.82, 2.24) is 0 Å². The number of anilines is 1. The highest BCUT2D eigenvalue weighted by Crippen LogP contribution is 2.35. The van der Waals surface area contributed by atoms with Gasteiger partial charge in [0.2, 0.25) is 0 Å². The highest BCUT2D eigenvalue weighted by atomic mass is 79.9. The fourth-order valence-corrected chi connectivity index (χ4v) is 2.90. The fourth-order valence-electron chi connectivity index (χ4n) is 2.32. The first-order valence-corrected chi connectivity index (χ1v) is 6.75. The monoisotopic (exact) mass is 410 g/mol. The fraction of sp³-hybridized carbons (Fsp3) is 0.0714. The first-order chi connectivity index (χ1) is 9.58. The minimum absolute atomic E-state index is 0. The van der Waals surface area contributed by atoms with Crippen molar-refractivity contribution in [1.29, 1.82) is 5.41 Å². The second-order valence-electron chi connectivity index (χ2n) is 4.48. The molecule has 0 saturated carbocycles. The number of amidine groups is 1. The maximum atomic E-state index is 10.8. The van der Waals surface area contributed by atoms with Gasteiger partial charge in [-0.2, -0.15) is 0 Å². The van der Waals surface area contributed by atoms with E-state index in [2.05, 4.69) is 15.9 Å².